The number of methoxy groups -OCH3 is 4. The van der Waals surface area contributed by atoms with Gasteiger partial charge in [0, 0.05) is 24.3 Å². The van der Waals surface area contributed by atoms with Crippen LogP contribution in [0.2, 0.25) is 0 Å². The number of ether oxygens (including phenoxy) is 4. The summed E-state index contributed by atoms with van der Waals surface area (Å²) in [6, 6.07) is 5.92. The standard InChI is InChI=1S/C20H23N3O10S/c1-30-16-7-6-12(23(26)27)8-15(16)22(34(5,28)29)11-19(24)21-14-10-18(32-3)17(31-2)9-13(14)20(25)33-4/h6-10H,11H2,1-5H3,(H,21,24). The molecule has 13 nitrogen and oxygen atoms in total. The molecule has 0 radical (unpaired) electrons. The van der Waals surface area contributed by atoms with Crippen molar-refractivity contribution in [3.8, 4) is 17.2 Å². The zero-order chi connectivity index (χ0) is 25.6. The zero-order valence-corrected chi connectivity index (χ0v) is 19.8. The lowest BCUT2D eigenvalue weighted by atomic mass is 10.1. The minimum Gasteiger partial charge on any atom is -0.495 e. The number of nitrogens with zero attached hydrogens (tertiary/aromatic N) is 2. The fourth-order valence-electron chi connectivity index (χ4n) is 2.95. The Kier molecular flexibility index (Phi) is 8.24. The molecule has 0 unspecified atom stereocenters. The number of nitrogens with one attached hydrogen (secondary N) is 1. The zero-order valence-electron chi connectivity index (χ0n) is 19.0. The smallest absolute Gasteiger partial charge is 0.340 e. The monoisotopic (exact) mass is 497 g/mol. The fraction of sp³-hybridized carbons (Fsp3) is 0.300. The van der Waals surface area contributed by atoms with Crippen LogP contribution in [0, 0.1) is 10.1 Å². The fourth-order valence-corrected chi connectivity index (χ4v) is 3.80. The highest BCUT2D eigenvalue weighted by atomic mass is 32.2. The number of non-ortho nitro benzene ring substituents is 1. The number of sulfonamides is 1. The number of anilines is 2. The Labute approximate surface area is 195 Å². The highest BCUT2D eigenvalue weighted by Crippen LogP contribution is 2.35. The topological polar surface area (TPSA) is 164 Å². The summed E-state index contributed by atoms with van der Waals surface area (Å²) in [6.07, 6.45) is 0.828. The highest BCUT2D eigenvalue weighted by Gasteiger charge is 2.27. The number of amides is 1. The van der Waals surface area contributed by atoms with Crippen LogP contribution in [0.4, 0.5) is 17.1 Å². The Morgan fingerprint density at radius 1 is 1.00 bits per heavy atom. The molecular weight excluding hydrogens is 474 g/mol. The molecule has 184 valence electrons. The van der Waals surface area contributed by atoms with E-state index in [9.17, 15) is 28.1 Å². The van der Waals surface area contributed by atoms with Crippen LogP contribution in [0.15, 0.2) is 30.3 Å². The van der Waals surface area contributed by atoms with Crippen molar-refractivity contribution in [3.05, 3.63) is 46.0 Å². The highest BCUT2D eigenvalue weighted by molar-refractivity contribution is 7.92. The molecular formula is C20H23N3O10S. The van der Waals surface area contributed by atoms with Crippen molar-refractivity contribution < 1.29 is 41.9 Å². The summed E-state index contributed by atoms with van der Waals surface area (Å²) in [5.74, 6) is -1.29. The maximum atomic E-state index is 12.9. The maximum absolute atomic E-state index is 12.9. The molecule has 0 aliphatic carbocycles. The first-order chi connectivity index (χ1) is 16.0. The van der Waals surface area contributed by atoms with E-state index in [1.165, 1.54) is 39.5 Å². The first-order valence-electron chi connectivity index (χ1n) is 9.41. The second-order valence-corrected chi connectivity index (χ2v) is 8.58. The van der Waals surface area contributed by atoms with Crippen molar-refractivity contribution in [3.63, 3.8) is 0 Å². The molecule has 1 amide bonds. The first-order valence-corrected chi connectivity index (χ1v) is 11.3. The van der Waals surface area contributed by atoms with E-state index >= 15 is 0 Å². The lowest BCUT2D eigenvalue weighted by molar-refractivity contribution is -0.384. The third kappa shape index (κ3) is 5.83. The van der Waals surface area contributed by atoms with Gasteiger partial charge >= 0.3 is 5.97 Å². The minimum absolute atomic E-state index is 0.00908. The number of carbonyl (C=O) groups is 2. The molecule has 2 aromatic rings. The molecule has 14 heteroatoms. The molecule has 34 heavy (non-hydrogen) atoms. The van der Waals surface area contributed by atoms with Gasteiger partial charge in [0.1, 0.15) is 18.0 Å². The number of rotatable bonds is 10. The second kappa shape index (κ2) is 10.7. The summed E-state index contributed by atoms with van der Waals surface area (Å²) in [5.41, 5.74) is -0.728. The molecule has 0 atom stereocenters. The Balaban J connectivity index is 2.50. The quantitative estimate of drug-likeness (QED) is 0.291. The van der Waals surface area contributed by atoms with E-state index in [0.29, 0.717) is 4.31 Å². The Bertz CT molecular complexity index is 1210. The largest absolute Gasteiger partial charge is 0.495 e. The van der Waals surface area contributed by atoms with Crippen LogP contribution in [-0.2, 0) is 19.6 Å². The summed E-state index contributed by atoms with van der Waals surface area (Å²) >= 11 is 0. The van der Waals surface area contributed by atoms with Gasteiger partial charge < -0.3 is 24.3 Å². The molecule has 0 saturated heterocycles. The normalized spacial score (nSPS) is 10.7. The Morgan fingerprint density at radius 3 is 2.09 bits per heavy atom. The second-order valence-electron chi connectivity index (χ2n) is 6.68. The van der Waals surface area contributed by atoms with Gasteiger partial charge in [0.15, 0.2) is 11.5 Å². The van der Waals surface area contributed by atoms with Gasteiger partial charge in [-0.1, -0.05) is 0 Å². The van der Waals surface area contributed by atoms with Crippen LogP contribution in [0.1, 0.15) is 10.4 Å². The number of nitro groups is 1. The average molecular weight is 497 g/mol. The molecule has 1 N–H and O–H groups in total. The SMILES string of the molecule is COC(=O)c1cc(OC)c(OC)cc1NC(=O)CN(c1cc([N+](=O)[O-])ccc1OC)S(C)(=O)=O. The summed E-state index contributed by atoms with van der Waals surface area (Å²) in [4.78, 5) is 35.5. The molecule has 0 heterocycles. The number of hydrogen-bond acceptors (Lipinski definition) is 10. The van der Waals surface area contributed by atoms with Gasteiger partial charge in [-0.25, -0.2) is 13.2 Å². The summed E-state index contributed by atoms with van der Waals surface area (Å²) in [5, 5.41) is 13.6. The predicted molar refractivity (Wildman–Crippen MR) is 121 cm³/mol. The van der Waals surface area contributed by atoms with Gasteiger partial charge in [0.2, 0.25) is 15.9 Å². The van der Waals surface area contributed by atoms with Gasteiger partial charge in [-0.05, 0) is 6.07 Å². The lowest BCUT2D eigenvalue weighted by Crippen LogP contribution is -2.38. The number of nitro benzene ring substituents is 1. The Hall–Kier alpha value is -4.07. The van der Waals surface area contributed by atoms with Crippen LogP contribution < -0.4 is 23.8 Å². The third-order valence-corrected chi connectivity index (χ3v) is 5.66. The molecule has 0 aliphatic rings. The first kappa shape index (κ1) is 26.2. The van der Waals surface area contributed by atoms with Crippen LogP contribution in [0.25, 0.3) is 0 Å². The van der Waals surface area contributed by atoms with E-state index in [1.807, 2.05) is 0 Å². The Morgan fingerprint density at radius 2 is 1.59 bits per heavy atom. The molecule has 0 fully saturated rings. The maximum Gasteiger partial charge on any atom is 0.340 e. The predicted octanol–water partition coefficient (Wildman–Crippen LogP) is 1.81. The number of benzene rings is 2. The van der Waals surface area contributed by atoms with Crippen molar-refractivity contribution in [2.24, 2.45) is 0 Å². The van der Waals surface area contributed by atoms with E-state index in [0.717, 1.165) is 25.5 Å². The summed E-state index contributed by atoms with van der Waals surface area (Å²) in [7, 11) is 0.993. The van der Waals surface area contributed by atoms with Gasteiger partial charge in [-0.3, -0.25) is 19.2 Å². The van der Waals surface area contributed by atoms with E-state index in [1.54, 1.807) is 0 Å². The minimum atomic E-state index is -4.10. The molecule has 0 spiro atoms. The van der Waals surface area contributed by atoms with E-state index in [2.05, 4.69) is 5.32 Å². The van der Waals surface area contributed by atoms with Gasteiger partial charge in [0.05, 0.1) is 50.9 Å². The molecule has 0 aliphatic heterocycles. The third-order valence-electron chi connectivity index (χ3n) is 4.53. The summed E-state index contributed by atoms with van der Waals surface area (Å²) in [6.45, 7) is -0.786. The van der Waals surface area contributed by atoms with Crippen molar-refractivity contribution in [1.29, 1.82) is 0 Å². The molecule has 2 rings (SSSR count). The van der Waals surface area contributed by atoms with Crippen molar-refractivity contribution >= 4 is 39.0 Å². The molecule has 0 bridgehead atoms. The van der Waals surface area contributed by atoms with Gasteiger partial charge in [-0.2, -0.15) is 0 Å². The molecule has 0 aromatic heterocycles. The summed E-state index contributed by atoms with van der Waals surface area (Å²) < 4.78 is 45.8. The molecule has 0 saturated carbocycles. The van der Waals surface area contributed by atoms with Crippen molar-refractivity contribution in [2.75, 3.05) is 50.9 Å². The van der Waals surface area contributed by atoms with Gasteiger partial charge in [0.25, 0.3) is 5.69 Å². The molecule has 2 aromatic carbocycles. The number of hydrogen-bond donors (Lipinski definition) is 1. The number of carbonyl (C=O) groups excluding carboxylic acids is 2. The van der Waals surface area contributed by atoms with E-state index < -0.39 is 39.1 Å². The lowest BCUT2D eigenvalue weighted by Gasteiger charge is -2.24. The van der Waals surface area contributed by atoms with Gasteiger partial charge in [-0.15, -0.1) is 0 Å². The number of esters is 1. The van der Waals surface area contributed by atoms with E-state index in [4.69, 9.17) is 18.9 Å². The average Bonchev–Trinajstić information content (AvgIpc) is 2.80. The van der Waals surface area contributed by atoms with Crippen molar-refractivity contribution in [2.45, 2.75) is 0 Å². The van der Waals surface area contributed by atoms with Crippen LogP contribution in [-0.4, -0.2) is 66.5 Å². The van der Waals surface area contributed by atoms with Crippen LogP contribution in [0.5, 0.6) is 17.2 Å². The van der Waals surface area contributed by atoms with Crippen LogP contribution in [0.3, 0.4) is 0 Å². The van der Waals surface area contributed by atoms with E-state index in [-0.39, 0.29) is 34.2 Å². The van der Waals surface area contributed by atoms with Crippen LogP contribution >= 0.6 is 0 Å². The van der Waals surface area contributed by atoms with Crippen molar-refractivity contribution in [1.82, 2.24) is 0 Å².